The zero-order chi connectivity index (χ0) is 18.8. The maximum Gasteiger partial charge on any atom is 0.264 e. The number of aromatic nitrogens is 3. The van der Waals surface area contributed by atoms with Gasteiger partial charge in [0.1, 0.15) is 5.82 Å². The van der Waals surface area contributed by atoms with Crippen LogP contribution in [-0.4, -0.2) is 51.1 Å². The van der Waals surface area contributed by atoms with Crippen LogP contribution in [0.1, 0.15) is 39.0 Å². The summed E-state index contributed by atoms with van der Waals surface area (Å²) >= 11 is 0. The van der Waals surface area contributed by atoms with Crippen LogP contribution in [0.25, 0.3) is 11.4 Å². The van der Waals surface area contributed by atoms with Gasteiger partial charge in [0.2, 0.25) is 11.7 Å². The third kappa shape index (κ3) is 2.87. The highest BCUT2D eigenvalue weighted by Crippen LogP contribution is 2.39. The summed E-state index contributed by atoms with van der Waals surface area (Å²) in [5.74, 6) is 1.80. The molecule has 5 rings (SSSR count). The minimum atomic E-state index is -1.67. The number of hydrogen-bond donors (Lipinski definition) is 0. The molecule has 0 aromatic carbocycles. The summed E-state index contributed by atoms with van der Waals surface area (Å²) in [4.78, 5) is 25.4. The van der Waals surface area contributed by atoms with Crippen molar-refractivity contribution in [3.05, 3.63) is 24.2 Å². The molecular weight excluding hydrogens is 349 g/mol. The molecule has 27 heavy (non-hydrogen) atoms. The van der Waals surface area contributed by atoms with Crippen molar-refractivity contribution in [2.45, 2.75) is 50.9 Å². The van der Waals surface area contributed by atoms with E-state index in [1.165, 1.54) is 13.8 Å². The van der Waals surface area contributed by atoms with E-state index in [4.69, 9.17) is 4.52 Å². The van der Waals surface area contributed by atoms with Crippen molar-refractivity contribution >= 4 is 11.7 Å². The first-order valence-corrected chi connectivity index (χ1v) is 9.47. The molecule has 3 fully saturated rings. The topological polar surface area (TPSA) is 75.4 Å². The fourth-order valence-corrected chi connectivity index (χ4v) is 4.05. The molecule has 2 aromatic heterocycles. The number of alkyl halides is 1. The average Bonchev–Trinajstić information content (AvgIpc) is 3.07. The summed E-state index contributed by atoms with van der Waals surface area (Å²) in [6.07, 6.45) is 4.81. The number of halogens is 1. The number of rotatable bonds is 4. The lowest BCUT2D eigenvalue weighted by molar-refractivity contribution is -0.133. The second-order valence-corrected chi connectivity index (χ2v) is 8.26. The van der Waals surface area contributed by atoms with Gasteiger partial charge in [-0.3, -0.25) is 4.79 Å². The smallest absolute Gasteiger partial charge is 0.264 e. The second kappa shape index (κ2) is 5.74. The maximum atomic E-state index is 13.9. The molecule has 2 unspecified atom stereocenters. The van der Waals surface area contributed by atoms with Crippen molar-refractivity contribution in [1.82, 2.24) is 20.0 Å². The molecular formula is C19H22FN5O2. The monoisotopic (exact) mass is 371 g/mol. The molecule has 2 aromatic rings. The van der Waals surface area contributed by atoms with Crippen LogP contribution in [-0.2, 0) is 10.5 Å². The van der Waals surface area contributed by atoms with E-state index in [2.05, 4.69) is 24.9 Å². The summed E-state index contributed by atoms with van der Waals surface area (Å²) in [6, 6.07) is 4.44. The van der Waals surface area contributed by atoms with E-state index in [1.807, 2.05) is 12.1 Å². The summed E-state index contributed by atoms with van der Waals surface area (Å²) in [7, 11) is 0. The molecule has 0 spiro atoms. The van der Waals surface area contributed by atoms with Crippen LogP contribution in [0.5, 0.6) is 0 Å². The van der Waals surface area contributed by atoms with E-state index < -0.39 is 5.67 Å². The van der Waals surface area contributed by atoms with Gasteiger partial charge in [-0.15, -0.1) is 0 Å². The Bertz CT molecular complexity index is 871. The van der Waals surface area contributed by atoms with Crippen molar-refractivity contribution in [3.63, 3.8) is 0 Å². The number of fused-ring (bicyclic) bond motifs is 2. The minimum Gasteiger partial charge on any atom is -0.350 e. The molecule has 0 N–H and O–H groups in total. The van der Waals surface area contributed by atoms with Gasteiger partial charge in [0, 0.05) is 30.8 Å². The Hall–Kier alpha value is -2.51. The third-order valence-electron chi connectivity index (χ3n) is 5.69. The number of hydrogen-bond acceptors (Lipinski definition) is 6. The van der Waals surface area contributed by atoms with Crippen LogP contribution >= 0.6 is 0 Å². The van der Waals surface area contributed by atoms with Gasteiger partial charge in [-0.25, -0.2) is 9.37 Å². The predicted octanol–water partition coefficient (Wildman–Crippen LogP) is 2.54. The number of nitrogens with zero attached hydrogens (tertiary/aromatic N) is 5. The second-order valence-electron chi connectivity index (χ2n) is 8.26. The number of carbonyl (C=O) groups is 1. The first-order chi connectivity index (χ1) is 12.9. The lowest BCUT2D eigenvalue weighted by atomic mass is 10.2. The van der Waals surface area contributed by atoms with Crippen LogP contribution in [0.4, 0.5) is 10.2 Å². The van der Waals surface area contributed by atoms with Gasteiger partial charge in [0.05, 0.1) is 12.1 Å². The Labute approximate surface area is 156 Å². The van der Waals surface area contributed by atoms with E-state index >= 15 is 0 Å². The Kier molecular flexibility index (Phi) is 3.54. The van der Waals surface area contributed by atoms with Crippen LogP contribution < -0.4 is 4.90 Å². The van der Waals surface area contributed by atoms with Gasteiger partial charge >= 0.3 is 0 Å². The minimum absolute atomic E-state index is 0.0427. The zero-order valence-electron chi connectivity index (χ0n) is 15.4. The lowest BCUT2D eigenvalue weighted by Crippen LogP contribution is -2.49. The normalized spacial score (nSPS) is 24.7. The quantitative estimate of drug-likeness (QED) is 0.822. The Morgan fingerprint density at radius 3 is 2.63 bits per heavy atom. The summed E-state index contributed by atoms with van der Waals surface area (Å²) < 4.78 is 18.9. The summed E-state index contributed by atoms with van der Waals surface area (Å²) in [5, 5.41) is 3.85. The number of likely N-dealkylation sites (tertiary alicyclic amines) is 1. The Morgan fingerprint density at radius 2 is 2.07 bits per heavy atom. The molecule has 0 radical (unpaired) electrons. The molecule has 8 heteroatoms. The number of anilines is 1. The van der Waals surface area contributed by atoms with Crippen molar-refractivity contribution in [2.75, 3.05) is 18.0 Å². The van der Waals surface area contributed by atoms with Gasteiger partial charge in [-0.2, -0.15) is 4.98 Å². The van der Waals surface area contributed by atoms with Crippen molar-refractivity contribution < 1.29 is 13.7 Å². The molecule has 4 heterocycles. The fraction of sp³-hybridized carbons (Fsp3) is 0.579. The van der Waals surface area contributed by atoms with Crippen LogP contribution in [0, 0.1) is 5.92 Å². The average molecular weight is 371 g/mol. The number of amides is 1. The molecule has 142 valence electrons. The van der Waals surface area contributed by atoms with Crippen molar-refractivity contribution in [2.24, 2.45) is 5.92 Å². The Balaban J connectivity index is 1.29. The predicted molar refractivity (Wildman–Crippen MR) is 95.6 cm³/mol. The van der Waals surface area contributed by atoms with Crippen LogP contribution in [0.2, 0.25) is 0 Å². The molecule has 2 atom stereocenters. The molecule has 7 nitrogen and oxygen atoms in total. The SMILES string of the molecule is CC(C)(F)c1nc(-c2ccc(N3CC4CC3CN4C(=O)C3CC3)nc2)no1. The standard InChI is InChI=1S/C19H22FN5O2/c1-19(2,20)18-22-16(23-27-18)12-5-6-15(21-8-12)24-9-14-7-13(24)10-25(14)17(26)11-3-4-11/h5-6,8,11,13-14H,3-4,7,9-10H2,1-2H3. The largest absolute Gasteiger partial charge is 0.350 e. The van der Waals surface area contributed by atoms with Gasteiger partial charge in [-0.1, -0.05) is 5.16 Å². The molecule has 3 aliphatic rings. The molecule has 2 saturated heterocycles. The van der Waals surface area contributed by atoms with E-state index in [1.54, 1.807) is 6.20 Å². The van der Waals surface area contributed by atoms with Gasteiger partial charge < -0.3 is 14.3 Å². The molecule has 2 aliphatic heterocycles. The highest BCUT2D eigenvalue weighted by molar-refractivity contribution is 5.82. The fourth-order valence-electron chi connectivity index (χ4n) is 4.05. The third-order valence-corrected chi connectivity index (χ3v) is 5.69. The van der Waals surface area contributed by atoms with Crippen molar-refractivity contribution in [1.29, 1.82) is 0 Å². The summed E-state index contributed by atoms with van der Waals surface area (Å²) in [5.41, 5.74) is -0.982. The number of piperazine rings is 1. The van der Waals surface area contributed by atoms with E-state index in [0.717, 1.165) is 38.2 Å². The van der Waals surface area contributed by atoms with Gasteiger partial charge in [-0.05, 0) is 45.2 Å². The van der Waals surface area contributed by atoms with E-state index in [9.17, 15) is 9.18 Å². The van der Waals surface area contributed by atoms with E-state index in [0.29, 0.717) is 29.4 Å². The molecule has 1 amide bonds. The molecule has 1 aliphatic carbocycles. The van der Waals surface area contributed by atoms with Gasteiger partial charge in [0.15, 0.2) is 5.67 Å². The number of carbonyl (C=O) groups excluding carboxylic acids is 1. The molecule has 2 bridgehead atoms. The Morgan fingerprint density at radius 1 is 1.26 bits per heavy atom. The zero-order valence-corrected chi connectivity index (χ0v) is 15.4. The van der Waals surface area contributed by atoms with E-state index in [-0.39, 0.29) is 11.8 Å². The first kappa shape index (κ1) is 16.6. The van der Waals surface area contributed by atoms with Crippen LogP contribution in [0.3, 0.4) is 0 Å². The first-order valence-electron chi connectivity index (χ1n) is 9.47. The van der Waals surface area contributed by atoms with Gasteiger partial charge in [0.25, 0.3) is 5.89 Å². The summed E-state index contributed by atoms with van der Waals surface area (Å²) in [6.45, 7) is 4.39. The van der Waals surface area contributed by atoms with Crippen molar-refractivity contribution in [3.8, 4) is 11.4 Å². The maximum absolute atomic E-state index is 13.9. The lowest BCUT2D eigenvalue weighted by Gasteiger charge is -2.35. The highest BCUT2D eigenvalue weighted by Gasteiger charge is 2.48. The highest BCUT2D eigenvalue weighted by atomic mass is 19.1. The van der Waals surface area contributed by atoms with Crippen LogP contribution in [0.15, 0.2) is 22.9 Å². The number of pyridine rings is 1. The molecule has 1 saturated carbocycles.